The second-order valence-electron chi connectivity index (χ2n) is 6.92. The molecule has 0 unspecified atom stereocenters. The first kappa shape index (κ1) is 20.0. The highest BCUT2D eigenvalue weighted by molar-refractivity contribution is 6.04. The first-order valence-corrected chi connectivity index (χ1v) is 9.43. The van der Waals surface area contributed by atoms with E-state index in [1.165, 1.54) is 5.56 Å². The molecule has 0 fully saturated rings. The number of nitrogens with one attached hydrogen (secondary N) is 2. The lowest BCUT2D eigenvalue weighted by Gasteiger charge is -2.06. The maximum atomic E-state index is 12.2. The molecule has 0 aliphatic heterocycles. The Morgan fingerprint density at radius 1 is 0.793 bits per heavy atom. The summed E-state index contributed by atoms with van der Waals surface area (Å²) in [6, 6.07) is 23.6. The summed E-state index contributed by atoms with van der Waals surface area (Å²) in [5.74, 6) is -0.0435. The minimum absolute atomic E-state index is 0.198. The molecule has 3 aromatic rings. The largest absolute Gasteiger partial charge is 0.322 e. The number of benzene rings is 3. The number of carbonyl (C=O) groups is 2. The van der Waals surface area contributed by atoms with E-state index in [0.717, 1.165) is 5.56 Å². The molecule has 0 bridgehead atoms. The number of hydrogen-bond donors (Lipinski definition) is 2. The van der Waals surface area contributed by atoms with Gasteiger partial charge in [-0.1, -0.05) is 56.3 Å². The fourth-order valence-electron chi connectivity index (χ4n) is 2.69. The van der Waals surface area contributed by atoms with Crippen LogP contribution in [0.1, 0.15) is 51.6 Å². The van der Waals surface area contributed by atoms with Crippen molar-refractivity contribution in [1.29, 1.82) is 0 Å². The first-order chi connectivity index (χ1) is 14.0. The van der Waals surface area contributed by atoms with Gasteiger partial charge in [0.25, 0.3) is 11.8 Å². The third-order valence-corrected chi connectivity index (χ3v) is 4.42. The van der Waals surface area contributed by atoms with Crippen LogP contribution in [0.2, 0.25) is 0 Å². The third-order valence-electron chi connectivity index (χ3n) is 4.42. The van der Waals surface area contributed by atoms with Crippen LogP contribution in [-0.4, -0.2) is 18.0 Å². The Labute approximate surface area is 170 Å². The molecule has 0 atom stereocenters. The van der Waals surface area contributed by atoms with Gasteiger partial charge in [0.15, 0.2) is 0 Å². The monoisotopic (exact) mass is 385 g/mol. The van der Waals surface area contributed by atoms with Gasteiger partial charge in [0.05, 0.1) is 6.21 Å². The predicted octanol–water partition coefficient (Wildman–Crippen LogP) is 4.83. The topological polar surface area (TPSA) is 70.6 Å². The van der Waals surface area contributed by atoms with E-state index in [0.29, 0.717) is 22.7 Å². The summed E-state index contributed by atoms with van der Waals surface area (Å²) >= 11 is 0. The van der Waals surface area contributed by atoms with Crippen LogP contribution in [0.3, 0.4) is 0 Å². The maximum Gasteiger partial charge on any atom is 0.271 e. The molecule has 3 rings (SSSR count). The number of nitrogens with zero attached hydrogens (tertiary/aromatic N) is 1. The molecule has 0 saturated heterocycles. The van der Waals surface area contributed by atoms with Crippen LogP contribution in [0, 0.1) is 0 Å². The van der Waals surface area contributed by atoms with Gasteiger partial charge in [-0.05, 0) is 53.4 Å². The van der Waals surface area contributed by atoms with Gasteiger partial charge in [-0.25, -0.2) is 5.43 Å². The SMILES string of the molecule is CC(C)c1ccc(/C=N/NC(=O)c2ccc(NC(=O)c3ccccc3)cc2)cc1. The van der Waals surface area contributed by atoms with Crippen LogP contribution in [0.5, 0.6) is 0 Å². The molecule has 2 amide bonds. The molecule has 0 aromatic heterocycles. The van der Waals surface area contributed by atoms with E-state index in [9.17, 15) is 9.59 Å². The Hall–Kier alpha value is -3.73. The molecular weight excluding hydrogens is 362 g/mol. The van der Waals surface area contributed by atoms with E-state index in [2.05, 4.69) is 41.8 Å². The Balaban J connectivity index is 1.55. The Morgan fingerprint density at radius 3 is 2.03 bits per heavy atom. The normalized spacial score (nSPS) is 10.9. The van der Waals surface area contributed by atoms with Gasteiger partial charge in [0.2, 0.25) is 0 Å². The van der Waals surface area contributed by atoms with Crippen LogP contribution < -0.4 is 10.7 Å². The number of amides is 2. The number of rotatable bonds is 6. The fraction of sp³-hybridized carbons (Fsp3) is 0.125. The minimum Gasteiger partial charge on any atom is -0.322 e. The van der Waals surface area contributed by atoms with Crippen molar-refractivity contribution < 1.29 is 9.59 Å². The van der Waals surface area contributed by atoms with Gasteiger partial charge in [-0.3, -0.25) is 9.59 Å². The van der Waals surface area contributed by atoms with Crippen molar-refractivity contribution >= 4 is 23.7 Å². The van der Waals surface area contributed by atoms with Crippen molar-refractivity contribution in [3.05, 3.63) is 101 Å². The zero-order valence-electron chi connectivity index (χ0n) is 16.4. The summed E-state index contributed by atoms with van der Waals surface area (Å²) in [5, 5.41) is 6.81. The van der Waals surface area contributed by atoms with Crippen LogP contribution in [0.15, 0.2) is 84.0 Å². The van der Waals surface area contributed by atoms with Crippen molar-refractivity contribution in [3.8, 4) is 0 Å². The van der Waals surface area contributed by atoms with Crippen molar-refractivity contribution in [2.75, 3.05) is 5.32 Å². The van der Waals surface area contributed by atoms with Crippen LogP contribution in [-0.2, 0) is 0 Å². The third kappa shape index (κ3) is 5.62. The summed E-state index contributed by atoms with van der Waals surface area (Å²) in [5.41, 5.74) is 6.32. The zero-order chi connectivity index (χ0) is 20.6. The lowest BCUT2D eigenvalue weighted by Crippen LogP contribution is -2.17. The van der Waals surface area contributed by atoms with Gasteiger partial charge in [0, 0.05) is 16.8 Å². The van der Waals surface area contributed by atoms with Gasteiger partial charge in [0.1, 0.15) is 0 Å². The molecule has 0 saturated carbocycles. The second kappa shape index (κ2) is 9.46. The summed E-state index contributed by atoms with van der Waals surface area (Å²) < 4.78 is 0. The number of carbonyl (C=O) groups excluding carboxylic acids is 2. The molecule has 146 valence electrons. The predicted molar refractivity (Wildman–Crippen MR) is 116 cm³/mol. The molecule has 0 spiro atoms. The Bertz CT molecular complexity index is 993. The standard InChI is InChI=1S/C24H23N3O2/c1-17(2)19-10-8-18(9-11-19)16-25-27-24(29)21-12-14-22(15-13-21)26-23(28)20-6-4-3-5-7-20/h3-17H,1-2H3,(H,26,28)(H,27,29)/b25-16+. The van der Waals surface area contributed by atoms with Gasteiger partial charge < -0.3 is 5.32 Å². The quantitative estimate of drug-likeness (QED) is 0.471. The molecule has 5 nitrogen and oxygen atoms in total. The van der Waals surface area contributed by atoms with E-state index in [4.69, 9.17) is 0 Å². The minimum atomic E-state index is -0.319. The van der Waals surface area contributed by atoms with Crippen molar-refractivity contribution in [2.24, 2.45) is 5.10 Å². The van der Waals surface area contributed by atoms with Gasteiger partial charge in [-0.2, -0.15) is 5.10 Å². The number of anilines is 1. The first-order valence-electron chi connectivity index (χ1n) is 9.43. The second-order valence-corrected chi connectivity index (χ2v) is 6.92. The summed E-state index contributed by atoms with van der Waals surface area (Å²) in [6.45, 7) is 4.28. The molecule has 2 N–H and O–H groups in total. The molecule has 0 radical (unpaired) electrons. The molecule has 3 aromatic carbocycles. The molecule has 0 heterocycles. The van der Waals surface area contributed by atoms with Crippen LogP contribution >= 0.6 is 0 Å². The molecule has 0 aliphatic rings. The Morgan fingerprint density at radius 2 is 1.41 bits per heavy atom. The van der Waals surface area contributed by atoms with Gasteiger partial charge in [-0.15, -0.1) is 0 Å². The highest BCUT2D eigenvalue weighted by atomic mass is 16.2. The summed E-state index contributed by atoms with van der Waals surface area (Å²) in [4.78, 5) is 24.4. The van der Waals surface area contributed by atoms with E-state index in [1.54, 1.807) is 42.6 Å². The maximum absolute atomic E-state index is 12.2. The van der Waals surface area contributed by atoms with Crippen LogP contribution in [0.4, 0.5) is 5.69 Å². The zero-order valence-corrected chi connectivity index (χ0v) is 16.4. The van der Waals surface area contributed by atoms with E-state index in [1.807, 2.05) is 30.3 Å². The van der Waals surface area contributed by atoms with E-state index in [-0.39, 0.29) is 11.8 Å². The summed E-state index contributed by atoms with van der Waals surface area (Å²) in [7, 11) is 0. The van der Waals surface area contributed by atoms with E-state index < -0.39 is 0 Å². The molecule has 5 heteroatoms. The average molecular weight is 385 g/mol. The van der Waals surface area contributed by atoms with Crippen LogP contribution in [0.25, 0.3) is 0 Å². The molecule has 0 aliphatic carbocycles. The van der Waals surface area contributed by atoms with E-state index >= 15 is 0 Å². The number of hydrazone groups is 1. The fourth-order valence-corrected chi connectivity index (χ4v) is 2.69. The van der Waals surface area contributed by atoms with Crippen molar-refractivity contribution in [1.82, 2.24) is 5.43 Å². The lowest BCUT2D eigenvalue weighted by molar-refractivity contribution is 0.0954. The Kier molecular flexibility index (Phi) is 6.53. The summed E-state index contributed by atoms with van der Waals surface area (Å²) in [6.07, 6.45) is 1.61. The molecular formula is C24H23N3O2. The molecule has 29 heavy (non-hydrogen) atoms. The smallest absolute Gasteiger partial charge is 0.271 e. The number of hydrogen-bond acceptors (Lipinski definition) is 3. The average Bonchev–Trinajstić information content (AvgIpc) is 2.75. The van der Waals surface area contributed by atoms with Crippen molar-refractivity contribution in [2.45, 2.75) is 19.8 Å². The van der Waals surface area contributed by atoms with Gasteiger partial charge >= 0.3 is 0 Å². The highest BCUT2D eigenvalue weighted by Crippen LogP contribution is 2.14. The highest BCUT2D eigenvalue weighted by Gasteiger charge is 2.07. The van der Waals surface area contributed by atoms with Crippen molar-refractivity contribution in [3.63, 3.8) is 0 Å². The lowest BCUT2D eigenvalue weighted by atomic mass is 10.0.